The van der Waals surface area contributed by atoms with Gasteiger partial charge in [0.25, 0.3) is 17.1 Å². The van der Waals surface area contributed by atoms with Crippen molar-refractivity contribution in [1.82, 2.24) is 10.0 Å². The molecule has 0 N–H and O–H groups in total. The Balaban J connectivity index is 2.03. The van der Waals surface area contributed by atoms with E-state index in [1.165, 1.54) is 91.1 Å². The molecule has 3 aromatic rings. The Morgan fingerprint density at radius 3 is 1.42 bits per heavy atom. The largest absolute Gasteiger partial charge is 0.278 e. The summed E-state index contributed by atoms with van der Waals surface area (Å²) in [6.07, 6.45) is 1.61. The molecule has 3 rings (SSSR count). The van der Waals surface area contributed by atoms with Crippen molar-refractivity contribution < 1.29 is 14.8 Å². The summed E-state index contributed by atoms with van der Waals surface area (Å²) in [4.78, 5) is 32.7. The topological polar surface area (TPSA) is 161 Å². The molecule has 0 aliphatic carbocycles. The molecule has 0 heterocycles. The van der Waals surface area contributed by atoms with Gasteiger partial charge in [-0.15, -0.1) is 0 Å². The summed E-state index contributed by atoms with van der Waals surface area (Å²) in [5.74, 6) is 0. The molecule has 0 aromatic heterocycles. The monoisotopic (exact) mass is 491 g/mol. The summed E-state index contributed by atoms with van der Waals surface area (Å²) < 4.78 is 0. The van der Waals surface area contributed by atoms with Crippen molar-refractivity contribution in [2.75, 3.05) is 14.1 Å². The van der Waals surface area contributed by atoms with Gasteiger partial charge < -0.3 is 0 Å². The third-order valence-electron chi connectivity index (χ3n) is 5.14. The highest BCUT2D eigenvalue weighted by molar-refractivity contribution is 5.85. The van der Waals surface area contributed by atoms with Crippen LogP contribution in [-0.4, -0.2) is 51.3 Å². The van der Waals surface area contributed by atoms with Crippen LogP contribution in [0.5, 0.6) is 0 Å². The zero-order valence-corrected chi connectivity index (χ0v) is 19.2. The maximum atomic E-state index is 11.7. The predicted octanol–water partition coefficient (Wildman–Crippen LogP) is 4.34. The number of nitro groups is 3. The van der Waals surface area contributed by atoms with Gasteiger partial charge in [0.05, 0.1) is 43.9 Å². The molecule has 36 heavy (non-hydrogen) atoms. The van der Waals surface area contributed by atoms with Gasteiger partial charge in [-0.25, -0.2) is 0 Å². The smallest absolute Gasteiger partial charge is 0.272 e. The molecule has 0 aliphatic rings. The lowest BCUT2D eigenvalue weighted by Gasteiger charge is -2.31. The summed E-state index contributed by atoms with van der Waals surface area (Å²) in [6.45, 7) is 0. The van der Waals surface area contributed by atoms with Crippen LogP contribution in [0.4, 0.5) is 17.1 Å². The molecule has 0 bridgehead atoms. The van der Waals surface area contributed by atoms with Crippen LogP contribution in [0.2, 0.25) is 0 Å². The van der Waals surface area contributed by atoms with E-state index in [-0.39, 0.29) is 33.8 Å². The van der Waals surface area contributed by atoms with Crippen LogP contribution in [0, 0.1) is 30.3 Å². The summed E-state index contributed by atoms with van der Waals surface area (Å²) >= 11 is 0. The molecule has 0 amide bonds. The second-order valence-corrected chi connectivity index (χ2v) is 7.46. The minimum Gasteiger partial charge on any atom is -0.272 e. The molecule has 13 heteroatoms. The fourth-order valence-electron chi connectivity index (χ4n) is 3.48. The number of rotatable bonds is 10. The van der Waals surface area contributed by atoms with Crippen LogP contribution in [-0.2, 0) is 0 Å². The number of hydrogen-bond donors (Lipinski definition) is 0. The zero-order chi connectivity index (χ0) is 26.2. The van der Waals surface area contributed by atoms with E-state index in [1.807, 2.05) is 0 Å². The summed E-state index contributed by atoms with van der Waals surface area (Å²) in [5, 5.41) is 45.7. The number of nitro benzene ring substituents is 3. The standard InChI is InChI=1S/C23H21N7O6/c1-26(24-15-17-9-3-6-12-20(17)28(31)32)23(19-11-5-8-14-22(19)30(35)36)27(2)25-16-18-10-4-7-13-21(18)29(33)34/h3-16,23H,1-2H3. The molecule has 0 spiro atoms. The van der Waals surface area contributed by atoms with Crippen molar-refractivity contribution in [3.8, 4) is 0 Å². The van der Waals surface area contributed by atoms with E-state index in [2.05, 4.69) is 10.2 Å². The first-order valence-corrected chi connectivity index (χ1v) is 10.4. The molecular formula is C23H21N7O6. The number of hydrazone groups is 2. The molecule has 0 saturated heterocycles. The molecule has 0 saturated carbocycles. The molecule has 0 unspecified atom stereocenters. The van der Waals surface area contributed by atoms with E-state index in [4.69, 9.17) is 0 Å². The maximum absolute atomic E-state index is 11.7. The fraction of sp³-hybridized carbons (Fsp3) is 0.130. The first kappa shape index (κ1) is 25.4. The van der Waals surface area contributed by atoms with Crippen LogP contribution in [0.3, 0.4) is 0 Å². The van der Waals surface area contributed by atoms with Gasteiger partial charge in [0, 0.05) is 32.3 Å². The van der Waals surface area contributed by atoms with E-state index in [1.54, 1.807) is 18.2 Å². The average molecular weight is 491 g/mol. The Labute approximate surface area is 205 Å². The Morgan fingerprint density at radius 2 is 1.00 bits per heavy atom. The van der Waals surface area contributed by atoms with Gasteiger partial charge in [-0.05, 0) is 18.2 Å². The molecular weight excluding hydrogens is 470 g/mol. The van der Waals surface area contributed by atoms with E-state index in [0.29, 0.717) is 0 Å². The highest BCUT2D eigenvalue weighted by Crippen LogP contribution is 2.31. The van der Waals surface area contributed by atoms with Gasteiger partial charge in [0.1, 0.15) is 0 Å². The molecule has 0 atom stereocenters. The maximum Gasteiger partial charge on any atom is 0.278 e. The lowest BCUT2D eigenvalue weighted by Crippen LogP contribution is -2.32. The quantitative estimate of drug-likeness (QED) is 0.175. The predicted molar refractivity (Wildman–Crippen MR) is 133 cm³/mol. The van der Waals surface area contributed by atoms with Crippen LogP contribution in [0.25, 0.3) is 0 Å². The van der Waals surface area contributed by atoms with Crippen LogP contribution in [0.1, 0.15) is 22.9 Å². The average Bonchev–Trinajstić information content (AvgIpc) is 2.86. The van der Waals surface area contributed by atoms with Gasteiger partial charge in [-0.2, -0.15) is 10.2 Å². The third kappa shape index (κ3) is 5.83. The van der Waals surface area contributed by atoms with Gasteiger partial charge in [-0.1, -0.05) is 36.4 Å². The van der Waals surface area contributed by atoms with Crippen molar-refractivity contribution >= 4 is 29.5 Å². The Kier molecular flexibility index (Phi) is 7.97. The van der Waals surface area contributed by atoms with Gasteiger partial charge in [-0.3, -0.25) is 40.4 Å². The molecule has 13 nitrogen and oxygen atoms in total. The van der Waals surface area contributed by atoms with E-state index in [0.717, 1.165) is 0 Å². The molecule has 0 fully saturated rings. The van der Waals surface area contributed by atoms with E-state index in [9.17, 15) is 30.3 Å². The summed E-state index contributed by atoms with van der Waals surface area (Å²) in [5.41, 5.74) is 0.220. The SMILES string of the molecule is CN(N=Cc1ccccc1[N+](=O)[O-])C(c1ccccc1[N+](=O)[O-])N(C)N=Cc1ccccc1[N+](=O)[O-]. The van der Waals surface area contributed by atoms with Gasteiger partial charge in [0.15, 0.2) is 6.17 Å². The van der Waals surface area contributed by atoms with Crippen LogP contribution >= 0.6 is 0 Å². The molecule has 0 aliphatic heterocycles. The Hall–Kier alpha value is -5.20. The highest BCUT2D eigenvalue weighted by atomic mass is 16.6. The van der Waals surface area contributed by atoms with Crippen LogP contribution in [0.15, 0.2) is 83.0 Å². The highest BCUT2D eigenvalue weighted by Gasteiger charge is 2.28. The normalized spacial score (nSPS) is 11.9. The Morgan fingerprint density at radius 1 is 0.639 bits per heavy atom. The van der Waals surface area contributed by atoms with Gasteiger partial charge in [0.2, 0.25) is 0 Å². The van der Waals surface area contributed by atoms with E-state index >= 15 is 0 Å². The van der Waals surface area contributed by atoms with Crippen molar-refractivity contribution in [2.45, 2.75) is 6.17 Å². The van der Waals surface area contributed by atoms with Crippen molar-refractivity contribution in [2.24, 2.45) is 10.2 Å². The lowest BCUT2D eigenvalue weighted by atomic mass is 10.1. The molecule has 0 radical (unpaired) electrons. The fourth-order valence-corrected chi connectivity index (χ4v) is 3.48. The van der Waals surface area contributed by atoms with Crippen molar-refractivity contribution in [1.29, 1.82) is 0 Å². The number of nitrogens with zero attached hydrogens (tertiary/aromatic N) is 7. The minimum atomic E-state index is -0.940. The van der Waals surface area contributed by atoms with Crippen molar-refractivity contribution in [3.63, 3.8) is 0 Å². The lowest BCUT2D eigenvalue weighted by molar-refractivity contribution is -0.386. The first-order valence-electron chi connectivity index (χ1n) is 10.4. The van der Waals surface area contributed by atoms with E-state index < -0.39 is 20.9 Å². The Bertz CT molecular complexity index is 1270. The van der Waals surface area contributed by atoms with Crippen molar-refractivity contribution in [3.05, 3.63) is 120 Å². The number of hydrogen-bond acceptors (Lipinski definition) is 10. The second kappa shape index (κ2) is 11.3. The van der Waals surface area contributed by atoms with Crippen LogP contribution < -0.4 is 0 Å². The molecule has 3 aromatic carbocycles. The molecule has 184 valence electrons. The second-order valence-electron chi connectivity index (χ2n) is 7.46. The zero-order valence-electron chi connectivity index (χ0n) is 19.2. The minimum absolute atomic E-state index is 0.153. The summed E-state index contributed by atoms with van der Waals surface area (Å²) in [6, 6.07) is 18.0. The van der Waals surface area contributed by atoms with Gasteiger partial charge >= 0.3 is 0 Å². The first-order chi connectivity index (χ1) is 17.2. The number of benzene rings is 3. The summed E-state index contributed by atoms with van der Waals surface area (Å²) in [7, 11) is 3.06. The third-order valence-corrected chi connectivity index (χ3v) is 5.14. The number of para-hydroxylation sites is 3.